The van der Waals surface area contributed by atoms with Crippen molar-refractivity contribution in [1.29, 1.82) is 0 Å². The van der Waals surface area contributed by atoms with Crippen molar-refractivity contribution in [2.45, 2.75) is 24.3 Å². The van der Waals surface area contributed by atoms with Crippen LogP contribution in [0.15, 0.2) is 23.1 Å². The molecule has 0 unspecified atom stereocenters. The van der Waals surface area contributed by atoms with Gasteiger partial charge in [0.25, 0.3) is 15.5 Å². The molecule has 0 aromatic heterocycles. The number of halogens is 3. The van der Waals surface area contributed by atoms with Crippen LogP contribution in [-0.4, -0.2) is 31.3 Å². The second kappa shape index (κ2) is 6.26. The Morgan fingerprint density at radius 1 is 1.33 bits per heavy atom. The number of primary amides is 1. The van der Waals surface area contributed by atoms with E-state index in [4.69, 9.17) is 5.73 Å². The lowest BCUT2D eigenvalue weighted by Crippen LogP contribution is -2.37. The number of hydrogen-bond acceptors (Lipinski definition) is 6. The Kier molecular flexibility index (Phi) is 5.13. The van der Waals surface area contributed by atoms with Crippen LogP contribution in [0.3, 0.4) is 0 Å². The molecule has 24 heavy (non-hydrogen) atoms. The van der Waals surface area contributed by atoms with Crippen molar-refractivity contribution in [2.24, 2.45) is 11.1 Å². The number of amides is 1. The Morgan fingerprint density at radius 3 is 2.29 bits per heavy atom. The third-order valence-corrected chi connectivity index (χ3v) is 4.65. The Hall–Kier alpha value is -2.37. The molecule has 0 saturated heterocycles. The molecule has 1 aromatic rings. The van der Waals surface area contributed by atoms with Crippen LogP contribution in [0.25, 0.3) is 0 Å². The van der Waals surface area contributed by atoms with Gasteiger partial charge in [0.15, 0.2) is 0 Å². The van der Waals surface area contributed by atoms with Gasteiger partial charge in [-0.1, -0.05) is 0 Å². The SMILES string of the molecule is CC(C)(CNc1ccc(S(=O)(=O)C(F)(F)F)cc1[N+](=O)[O-])C(N)=O. The summed E-state index contributed by atoms with van der Waals surface area (Å²) in [6.45, 7) is 2.77. The first-order chi connectivity index (χ1) is 10.7. The number of nitro groups is 1. The summed E-state index contributed by atoms with van der Waals surface area (Å²) in [7, 11) is -5.71. The summed E-state index contributed by atoms with van der Waals surface area (Å²) < 4.78 is 60.2. The molecule has 12 heteroatoms. The van der Waals surface area contributed by atoms with Gasteiger partial charge < -0.3 is 11.1 Å². The van der Waals surface area contributed by atoms with E-state index >= 15 is 0 Å². The molecule has 0 spiro atoms. The van der Waals surface area contributed by atoms with E-state index in [2.05, 4.69) is 5.32 Å². The lowest BCUT2D eigenvalue weighted by Gasteiger charge is -2.21. The summed E-state index contributed by atoms with van der Waals surface area (Å²) in [5, 5.41) is 13.5. The second-order valence-electron chi connectivity index (χ2n) is 5.49. The molecule has 1 aromatic carbocycles. The van der Waals surface area contributed by atoms with Crippen LogP contribution in [0.5, 0.6) is 0 Å². The zero-order chi connectivity index (χ0) is 18.9. The molecule has 134 valence electrons. The maximum absolute atomic E-state index is 12.5. The highest BCUT2D eigenvalue weighted by atomic mass is 32.2. The van der Waals surface area contributed by atoms with Crippen LogP contribution in [0, 0.1) is 15.5 Å². The van der Waals surface area contributed by atoms with E-state index < -0.39 is 42.2 Å². The van der Waals surface area contributed by atoms with Gasteiger partial charge in [-0.15, -0.1) is 0 Å². The summed E-state index contributed by atoms with van der Waals surface area (Å²) in [4.78, 5) is 19.9. The zero-order valence-electron chi connectivity index (χ0n) is 12.5. The molecule has 0 aliphatic rings. The van der Waals surface area contributed by atoms with Crippen LogP contribution < -0.4 is 11.1 Å². The predicted molar refractivity (Wildman–Crippen MR) is 77.8 cm³/mol. The highest BCUT2D eigenvalue weighted by molar-refractivity contribution is 7.92. The summed E-state index contributed by atoms with van der Waals surface area (Å²) >= 11 is 0. The van der Waals surface area contributed by atoms with Crippen LogP contribution >= 0.6 is 0 Å². The van der Waals surface area contributed by atoms with Crippen molar-refractivity contribution in [3.8, 4) is 0 Å². The first-order valence-electron chi connectivity index (χ1n) is 6.34. The van der Waals surface area contributed by atoms with Crippen molar-refractivity contribution < 1.29 is 31.3 Å². The van der Waals surface area contributed by atoms with Crippen molar-refractivity contribution in [3.63, 3.8) is 0 Å². The van der Waals surface area contributed by atoms with E-state index in [9.17, 15) is 36.5 Å². The summed E-state index contributed by atoms with van der Waals surface area (Å²) in [6.07, 6.45) is 0. The smallest absolute Gasteiger partial charge is 0.378 e. The van der Waals surface area contributed by atoms with Crippen LogP contribution in [0.2, 0.25) is 0 Å². The fraction of sp³-hybridized carbons (Fsp3) is 0.417. The zero-order valence-corrected chi connectivity index (χ0v) is 13.4. The van der Waals surface area contributed by atoms with Gasteiger partial charge in [-0.25, -0.2) is 8.42 Å². The quantitative estimate of drug-likeness (QED) is 0.580. The van der Waals surface area contributed by atoms with Crippen LogP contribution in [0.1, 0.15) is 13.8 Å². The van der Waals surface area contributed by atoms with Crippen molar-refractivity contribution in [2.75, 3.05) is 11.9 Å². The minimum absolute atomic E-state index is 0.144. The number of rotatable bonds is 6. The van der Waals surface area contributed by atoms with Gasteiger partial charge in [-0.05, 0) is 26.0 Å². The number of sulfone groups is 1. The molecule has 0 fully saturated rings. The second-order valence-corrected chi connectivity index (χ2v) is 7.43. The molecular formula is C12H14F3N3O5S. The first kappa shape index (κ1) is 19.7. The Balaban J connectivity index is 3.28. The molecule has 0 heterocycles. The van der Waals surface area contributed by atoms with Gasteiger partial charge in [0, 0.05) is 12.6 Å². The number of nitrogens with zero attached hydrogens (tertiary/aromatic N) is 1. The lowest BCUT2D eigenvalue weighted by molar-refractivity contribution is -0.384. The number of nitrogens with two attached hydrogens (primary N) is 1. The molecule has 0 bridgehead atoms. The summed E-state index contributed by atoms with van der Waals surface area (Å²) in [5.41, 5.74) is -2.64. The molecule has 0 atom stereocenters. The molecule has 0 radical (unpaired) electrons. The van der Waals surface area contributed by atoms with E-state index in [1.807, 2.05) is 0 Å². The number of carbonyl (C=O) groups excluding carboxylic acids is 1. The average molecular weight is 369 g/mol. The molecular weight excluding hydrogens is 355 g/mol. The molecule has 8 nitrogen and oxygen atoms in total. The van der Waals surface area contributed by atoms with Crippen molar-refractivity contribution in [3.05, 3.63) is 28.3 Å². The van der Waals surface area contributed by atoms with Crippen LogP contribution in [0.4, 0.5) is 24.5 Å². The van der Waals surface area contributed by atoms with Gasteiger partial charge in [-0.2, -0.15) is 13.2 Å². The molecule has 1 amide bonds. The van der Waals surface area contributed by atoms with Crippen molar-refractivity contribution >= 4 is 27.1 Å². The standard InChI is InChI=1S/C12H14F3N3O5S/c1-11(2,10(16)19)6-17-8-4-3-7(5-9(8)18(20)21)24(22,23)12(13,14)15/h3-5,17H,6H2,1-2H3,(H2,16,19). The van der Waals surface area contributed by atoms with Gasteiger partial charge in [-0.3, -0.25) is 14.9 Å². The first-order valence-corrected chi connectivity index (χ1v) is 7.82. The Bertz CT molecular complexity index is 775. The maximum Gasteiger partial charge on any atom is 0.501 e. The molecule has 0 aliphatic carbocycles. The van der Waals surface area contributed by atoms with Gasteiger partial charge in [0.1, 0.15) is 5.69 Å². The third-order valence-electron chi connectivity index (χ3n) is 3.17. The largest absolute Gasteiger partial charge is 0.501 e. The van der Waals surface area contributed by atoms with Crippen molar-refractivity contribution in [1.82, 2.24) is 0 Å². The highest BCUT2D eigenvalue weighted by Gasteiger charge is 2.47. The number of carbonyl (C=O) groups is 1. The monoisotopic (exact) mass is 369 g/mol. The predicted octanol–water partition coefficient (Wildman–Crippen LogP) is 1.81. The maximum atomic E-state index is 12.5. The van der Waals surface area contributed by atoms with Gasteiger partial charge >= 0.3 is 5.51 Å². The molecule has 3 N–H and O–H groups in total. The minimum Gasteiger partial charge on any atom is -0.378 e. The van der Waals surface area contributed by atoms with E-state index in [1.54, 1.807) is 0 Å². The van der Waals surface area contributed by atoms with E-state index in [0.717, 1.165) is 6.07 Å². The third kappa shape index (κ3) is 3.93. The normalized spacial score (nSPS) is 12.7. The average Bonchev–Trinajstić information content (AvgIpc) is 2.43. The number of hydrogen-bond donors (Lipinski definition) is 2. The minimum atomic E-state index is -5.71. The topological polar surface area (TPSA) is 132 Å². The number of anilines is 1. The van der Waals surface area contributed by atoms with Crippen LogP contribution in [-0.2, 0) is 14.6 Å². The highest BCUT2D eigenvalue weighted by Crippen LogP contribution is 2.35. The Labute approximate surface area is 134 Å². The Morgan fingerprint density at radius 2 is 1.88 bits per heavy atom. The number of nitrogens with one attached hydrogen (secondary N) is 1. The van der Waals surface area contributed by atoms with E-state index in [-0.39, 0.29) is 12.2 Å². The van der Waals surface area contributed by atoms with E-state index in [1.165, 1.54) is 13.8 Å². The summed E-state index contributed by atoms with van der Waals surface area (Å²) in [6, 6.07) is 1.73. The molecule has 1 rings (SSSR count). The van der Waals surface area contributed by atoms with E-state index in [0.29, 0.717) is 12.1 Å². The fourth-order valence-electron chi connectivity index (χ4n) is 1.52. The van der Waals surface area contributed by atoms with Gasteiger partial charge in [0.2, 0.25) is 5.91 Å². The van der Waals surface area contributed by atoms with Gasteiger partial charge in [0.05, 0.1) is 15.2 Å². The number of nitro benzene ring substituents is 1. The lowest BCUT2D eigenvalue weighted by atomic mass is 9.92. The molecule has 0 saturated carbocycles. The fourth-order valence-corrected chi connectivity index (χ4v) is 2.30. The molecule has 0 aliphatic heterocycles. The summed E-state index contributed by atoms with van der Waals surface area (Å²) in [5.74, 6) is -0.700. The number of alkyl halides is 3. The number of benzene rings is 1.